The quantitative estimate of drug-likeness (QED) is 0.720. The minimum atomic E-state index is -0.804. The highest BCUT2D eigenvalue weighted by atomic mass is 16.4. The van der Waals surface area contributed by atoms with E-state index in [9.17, 15) is 9.59 Å². The highest BCUT2D eigenvalue weighted by Gasteiger charge is 2.00. The molecule has 0 saturated heterocycles. The maximum Gasteiger partial charge on any atom is 0.378 e. The minimum Gasteiger partial charge on any atom is -0.502 e. The largest absolute Gasteiger partial charge is 0.502 e. The first kappa shape index (κ1) is 14.7. The fourth-order valence-corrected chi connectivity index (χ4v) is 1.28. The molecule has 1 aromatic carbocycles. The molecule has 2 aromatic rings. The van der Waals surface area contributed by atoms with Gasteiger partial charge in [-0.05, 0) is 18.7 Å². The van der Waals surface area contributed by atoms with Crippen molar-refractivity contribution in [1.29, 1.82) is 0 Å². The van der Waals surface area contributed by atoms with Crippen LogP contribution in [0.3, 0.4) is 0 Å². The molecule has 0 radical (unpaired) electrons. The summed E-state index contributed by atoms with van der Waals surface area (Å²) < 4.78 is 4.79. The topological polar surface area (TPSA) is 99.8 Å². The molecule has 0 fully saturated rings. The van der Waals surface area contributed by atoms with E-state index in [1.807, 2.05) is 13.0 Å². The first-order chi connectivity index (χ1) is 9.04. The third-order valence-electron chi connectivity index (χ3n) is 2.15. The van der Waals surface area contributed by atoms with Gasteiger partial charge in [0.05, 0.1) is 6.54 Å². The van der Waals surface area contributed by atoms with Crippen molar-refractivity contribution >= 4 is 16.9 Å². The van der Waals surface area contributed by atoms with Gasteiger partial charge in [-0.2, -0.15) is 0 Å². The number of para-hydroxylation sites is 1. The van der Waals surface area contributed by atoms with Gasteiger partial charge in [0.2, 0.25) is 5.75 Å². The normalized spacial score (nSPS) is 9.74. The van der Waals surface area contributed by atoms with Crippen molar-refractivity contribution in [3.8, 4) is 5.75 Å². The molecule has 0 atom stereocenters. The molecule has 0 aliphatic carbocycles. The van der Waals surface area contributed by atoms with Gasteiger partial charge in [0.25, 0.3) is 0 Å². The second kappa shape index (κ2) is 7.17. The molecule has 6 heteroatoms. The Morgan fingerprint density at radius 2 is 2.05 bits per heavy atom. The minimum absolute atomic E-state index is 0.0660. The molecule has 0 unspecified atom stereocenters. The number of benzene rings is 1. The molecule has 2 rings (SSSR count). The van der Waals surface area contributed by atoms with Crippen LogP contribution in [0.15, 0.2) is 39.5 Å². The van der Waals surface area contributed by atoms with Gasteiger partial charge in [-0.3, -0.25) is 4.79 Å². The number of likely N-dealkylation sites (N-methyl/N-ethyl adjacent to an activating group) is 1. The Balaban J connectivity index is 0.000000224. The van der Waals surface area contributed by atoms with Gasteiger partial charge in [-0.1, -0.05) is 25.1 Å². The number of hydrogen-bond donors (Lipinski definition) is 3. The Bertz CT molecular complexity index is 605. The number of carboxylic acids is 1. The van der Waals surface area contributed by atoms with Crippen LogP contribution in [0.1, 0.15) is 6.92 Å². The predicted octanol–water partition coefficient (Wildman–Crippen LogP) is 1.18. The summed E-state index contributed by atoms with van der Waals surface area (Å²) in [5, 5.41) is 20.4. The summed E-state index contributed by atoms with van der Waals surface area (Å²) in [4.78, 5) is 20.5. The summed E-state index contributed by atoms with van der Waals surface area (Å²) in [5.41, 5.74) is -0.214. The molecule has 1 aromatic heterocycles. The molecular weight excluding hydrogens is 250 g/mol. The van der Waals surface area contributed by atoms with E-state index in [2.05, 4.69) is 5.32 Å². The van der Waals surface area contributed by atoms with Crippen molar-refractivity contribution in [3.05, 3.63) is 40.8 Å². The third kappa shape index (κ3) is 4.81. The van der Waals surface area contributed by atoms with Crippen molar-refractivity contribution in [2.24, 2.45) is 0 Å². The zero-order chi connectivity index (χ0) is 14.3. The summed E-state index contributed by atoms with van der Waals surface area (Å²) in [5.74, 6) is -1.16. The van der Waals surface area contributed by atoms with E-state index in [1.54, 1.807) is 18.2 Å². The summed E-state index contributed by atoms with van der Waals surface area (Å²) in [6.07, 6.45) is 0. The zero-order valence-electron chi connectivity index (χ0n) is 10.4. The molecule has 0 aliphatic heterocycles. The molecule has 3 N–H and O–H groups in total. The number of aromatic hydroxyl groups is 1. The number of hydrogen-bond acceptors (Lipinski definition) is 5. The van der Waals surface area contributed by atoms with Crippen LogP contribution in [0.4, 0.5) is 0 Å². The van der Waals surface area contributed by atoms with Crippen LogP contribution in [0.2, 0.25) is 0 Å². The fourth-order valence-electron chi connectivity index (χ4n) is 1.28. The van der Waals surface area contributed by atoms with Crippen LogP contribution in [0, 0.1) is 0 Å². The molecule has 0 bridgehead atoms. The number of nitrogens with one attached hydrogen (secondary N) is 1. The SMILES string of the molecule is CCNCC(=O)O.O=c1oc2ccccc2cc1O. The van der Waals surface area contributed by atoms with E-state index in [-0.39, 0.29) is 12.3 Å². The van der Waals surface area contributed by atoms with Crippen LogP contribution in [-0.4, -0.2) is 29.3 Å². The maximum absolute atomic E-state index is 10.8. The first-order valence-corrected chi connectivity index (χ1v) is 5.69. The van der Waals surface area contributed by atoms with E-state index >= 15 is 0 Å². The van der Waals surface area contributed by atoms with Crippen LogP contribution in [0.5, 0.6) is 5.75 Å². The van der Waals surface area contributed by atoms with Gasteiger partial charge in [0, 0.05) is 5.39 Å². The van der Waals surface area contributed by atoms with Gasteiger partial charge in [-0.15, -0.1) is 0 Å². The molecule has 0 spiro atoms. The van der Waals surface area contributed by atoms with Crippen molar-refractivity contribution < 1.29 is 19.4 Å². The average molecular weight is 265 g/mol. The molecule has 6 nitrogen and oxygen atoms in total. The summed E-state index contributed by atoms with van der Waals surface area (Å²) in [6.45, 7) is 2.64. The van der Waals surface area contributed by atoms with E-state index < -0.39 is 11.6 Å². The molecule has 0 aliphatic rings. The Morgan fingerprint density at radius 3 is 2.63 bits per heavy atom. The van der Waals surface area contributed by atoms with E-state index in [4.69, 9.17) is 14.6 Å². The van der Waals surface area contributed by atoms with Gasteiger partial charge in [0.1, 0.15) is 5.58 Å². The second-order valence-electron chi connectivity index (χ2n) is 3.63. The first-order valence-electron chi connectivity index (χ1n) is 5.69. The van der Waals surface area contributed by atoms with Gasteiger partial charge in [-0.25, -0.2) is 4.79 Å². The summed E-state index contributed by atoms with van der Waals surface area (Å²) in [7, 11) is 0. The predicted molar refractivity (Wildman–Crippen MR) is 70.3 cm³/mol. The van der Waals surface area contributed by atoms with Gasteiger partial charge in [0.15, 0.2) is 0 Å². The Morgan fingerprint density at radius 1 is 1.37 bits per heavy atom. The molecule has 19 heavy (non-hydrogen) atoms. The number of rotatable bonds is 3. The standard InChI is InChI=1S/C9H6O3.C4H9NO2/c10-7-5-6-3-1-2-4-8(6)12-9(7)11;1-2-5-3-4(6)7/h1-5,10H;5H,2-3H2,1H3,(H,6,7). The lowest BCUT2D eigenvalue weighted by Gasteiger charge is -1.94. The average Bonchev–Trinajstić information content (AvgIpc) is 2.38. The van der Waals surface area contributed by atoms with Gasteiger partial charge < -0.3 is 19.9 Å². The zero-order valence-corrected chi connectivity index (χ0v) is 10.4. The molecule has 1 heterocycles. The molecule has 0 saturated carbocycles. The van der Waals surface area contributed by atoms with Crippen LogP contribution < -0.4 is 10.9 Å². The fraction of sp³-hybridized carbons (Fsp3) is 0.231. The van der Waals surface area contributed by atoms with Crippen molar-refractivity contribution in [2.75, 3.05) is 13.1 Å². The van der Waals surface area contributed by atoms with E-state index in [1.165, 1.54) is 6.07 Å². The monoisotopic (exact) mass is 265 g/mol. The number of fused-ring (bicyclic) bond motifs is 1. The third-order valence-corrected chi connectivity index (χ3v) is 2.15. The number of carbonyl (C=O) groups is 1. The second-order valence-corrected chi connectivity index (χ2v) is 3.63. The van der Waals surface area contributed by atoms with E-state index in [0.29, 0.717) is 12.1 Å². The van der Waals surface area contributed by atoms with E-state index in [0.717, 1.165) is 5.39 Å². The van der Waals surface area contributed by atoms with Crippen molar-refractivity contribution in [2.45, 2.75) is 6.92 Å². The maximum atomic E-state index is 10.8. The van der Waals surface area contributed by atoms with Crippen molar-refractivity contribution in [1.82, 2.24) is 5.32 Å². The smallest absolute Gasteiger partial charge is 0.378 e. The van der Waals surface area contributed by atoms with Crippen LogP contribution in [-0.2, 0) is 4.79 Å². The summed E-state index contributed by atoms with van der Waals surface area (Å²) in [6, 6.07) is 8.40. The Kier molecular flexibility index (Phi) is 5.56. The molecule has 102 valence electrons. The van der Waals surface area contributed by atoms with Crippen LogP contribution >= 0.6 is 0 Å². The Hall–Kier alpha value is -2.34. The lowest BCUT2D eigenvalue weighted by atomic mass is 10.2. The summed E-state index contributed by atoms with van der Waals surface area (Å²) >= 11 is 0. The lowest BCUT2D eigenvalue weighted by Crippen LogP contribution is -2.21. The highest BCUT2D eigenvalue weighted by molar-refractivity contribution is 5.77. The molecule has 0 amide bonds. The Labute approximate surface area is 109 Å². The highest BCUT2D eigenvalue weighted by Crippen LogP contribution is 2.14. The molecular formula is C13H15NO5. The lowest BCUT2D eigenvalue weighted by molar-refractivity contribution is -0.135. The number of carboxylic acid groups (broad SMARTS) is 1. The van der Waals surface area contributed by atoms with Crippen LogP contribution in [0.25, 0.3) is 11.0 Å². The van der Waals surface area contributed by atoms with Crippen molar-refractivity contribution in [3.63, 3.8) is 0 Å². The van der Waals surface area contributed by atoms with Gasteiger partial charge >= 0.3 is 11.6 Å². The number of aliphatic carboxylic acids is 1.